The number of rotatable bonds is 4. The number of carbonyl (C=O) groups excluding carboxylic acids is 1. The quantitative estimate of drug-likeness (QED) is 0.857. The lowest BCUT2D eigenvalue weighted by Crippen LogP contribution is -2.47. The van der Waals surface area contributed by atoms with Gasteiger partial charge in [-0.05, 0) is 37.8 Å². The second-order valence-electron chi connectivity index (χ2n) is 4.74. The summed E-state index contributed by atoms with van der Waals surface area (Å²) in [5.74, 6) is 0. The highest BCUT2D eigenvalue weighted by Crippen LogP contribution is 2.06. The highest BCUT2D eigenvalue weighted by atomic mass is 16.5. The van der Waals surface area contributed by atoms with Crippen LogP contribution in [0.15, 0.2) is 23.0 Å². The SMILES string of the molecule is C[C@@H](Cc1ccoc1)NC(=O)NC1CCOCC1. The number of furan rings is 1. The summed E-state index contributed by atoms with van der Waals surface area (Å²) in [6.07, 6.45) is 5.91. The van der Waals surface area contributed by atoms with Crippen molar-refractivity contribution in [3.05, 3.63) is 24.2 Å². The Morgan fingerprint density at radius 3 is 2.94 bits per heavy atom. The third-order valence-corrected chi connectivity index (χ3v) is 3.06. The van der Waals surface area contributed by atoms with E-state index < -0.39 is 0 Å². The van der Waals surface area contributed by atoms with Gasteiger partial charge in [0.05, 0.1) is 12.5 Å². The fourth-order valence-corrected chi connectivity index (χ4v) is 2.11. The van der Waals surface area contributed by atoms with Crippen LogP contribution in [0.1, 0.15) is 25.3 Å². The predicted octanol–water partition coefficient (Wildman–Crippen LogP) is 1.69. The molecular weight excluding hydrogens is 232 g/mol. The van der Waals surface area contributed by atoms with Gasteiger partial charge >= 0.3 is 6.03 Å². The van der Waals surface area contributed by atoms with E-state index in [2.05, 4.69) is 10.6 Å². The first-order valence-electron chi connectivity index (χ1n) is 6.40. The minimum atomic E-state index is -0.0992. The van der Waals surface area contributed by atoms with Gasteiger partial charge in [0, 0.05) is 25.3 Å². The molecule has 0 spiro atoms. The van der Waals surface area contributed by atoms with Gasteiger partial charge in [0.25, 0.3) is 0 Å². The largest absolute Gasteiger partial charge is 0.472 e. The average molecular weight is 252 g/mol. The second kappa shape index (κ2) is 6.44. The Kier molecular flexibility index (Phi) is 4.64. The molecular formula is C13H20N2O3. The summed E-state index contributed by atoms with van der Waals surface area (Å²) < 4.78 is 10.3. The van der Waals surface area contributed by atoms with E-state index in [1.54, 1.807) is 12.5 Å². The van der Waals surface area contributed by atoms with Gasteiger partial charge < -0.3 is 19.8 Å². The van der Waals surface area contributed by atoms with E-state index in [0.29, 0.717) is 0 Å². The third kappa shape index (κ3) is 4.07. The lowest BCUT2D eigenvalue weighted by molar-refractivity contribution is 0.0800. The standard InChI is InChI=1S/C13H20N2O3/c1-10(8-11-2-5-18-9-11)14-13(16)15-12-3-6-17-7-4-12/h2,5,9-10,12H,3-4,6-8H2,1H3,(H2,14,15,16)/t10-/m0/s1. The van der Waals surface area contributed by atoms with E-state index >= 15 is 0 Å². The minimum absolute atomic E-state index is 0.0856. The van der Waals surface area contributed by atoms with Crippen LogP contribution < -0.4 is 10.6 Å². The van der Waals surface area contributed by atoms with Crippen molar-refractivity contribution in [2.45, 2.75) is 38.3 Å². The van der Waals surface area contributed by atoms with Crippen LogP contribution in [0, 0.1) is 0 Å². The van der Waals surface area contributed by atoms with E-state index in [4.69, 9.17) is 9.15 Å². The molecule has 1 fully saturated rings. The summed E-state index contributed by atoms with van der Waals surface area (Å²) in [7, 11) is 0. The van der Waals surface area contributed by atoms with Crippen LogP contribution in [0.4, 0.5) is 4.79 Å². The Balaban J connectivity index is 1.69. The van der Waals surface area contributed by atoms with E-state index in [0.717, 1.165) is 38.0 Å². The molecule has 0 bridgehead atoms. The molecule has 5 nitrogen and oxygen atoms in total. The zero-order chi connectivity index (χ0) is 12.8. The van der Waals surface area contributed by atoms with Crippen LogP contribution in [0.25, 0.3) is 0 Å². The fraction of sp³-hybridized carbons (Fsp3) is 0.615. The summed E-state index contributed by atoms with van der Waals surface area (Å²) in [5, 5.41) is 5.91. The fourth-order valence-electron chi connectivity index (χ4n) is 2.11. The molecule has 1 aliphatic rings. The van der Waals surface area contributed by atoms with Crippen molar-refractivity contribution in [3.63, 3.8) is 0 Å². The second-order valence-corrected chi connectivity index (χ2v) is 4.74. The molecule has 1 aromatic heterocycles. The van der Waals surface area contributed by atoms with Crippen molar-refractivity contribution in [3.8, 4) is 0 Å². The van der Waals surface area contributed by atoms with E-state index in [1.165, 1.54) is 0 Å². The number of hydrogen-bond donors (Lipinski definition) is 2. The molecule has 2 rings (SSSR count). The van der Waals surface area contributed by atoms with Gasteiger partial charge in [0.1, 0.15) is 0 Å². The smallest absolute Gasteiger partial charge is 0.315 e. The Morgan fingerprint density at radius 1 is 1.50 bits per heavy atom. The van der Waals surface area contributed by atoms with Gasteiger partial charge in [0.15, 0.2) is 0 Å². The first-order chi connectivity index (χ1) is 8.74. The monoisotopic (exact) mass is 252 g/mol. The maximum Gasteiger partial charge on any atom is 0.315 e. The molecule has 18 heavy (non-hydrogen) atoms. The Hall–Kier alpha value is -1.49. The molecule has 0 aromatic carbocycles. The molecule has 2 N–H and O–H groups in total. The zero-order valence-electron chi connectivity index (χ0n) is 10.6. The van der Waals surface area contributed by atoms with Crippen molar-refractivity contribution >= 4 is 6.03 Å². The molecule has 1 aliphatic heterocycles. The van der Waals surface area contributed by atoms with Crippen molar-refractivity contribution in [1.29, 1.82) is 0 Å². The van der Waals surface area contributed by atoms with Crippen molar-refractivity contribution in [2.24, 2.45) is 0 Å². The Labute approximate surface area is 107 Å². The molecule has 1 saturated heterocycles. The molecule has 0 unspecified atom stereocenters. The van der Waals surface area contributed by atoms with Crippen molar-refractivity contribution in [2.75, 3.05) is 13.2 Å². The van der Waals surface area contributed by atoms with Gasteiger partial charge in [-0.2, -0.15) is 0 Å². The molecule has 100 valence electrons. The molecule has 5 heteroatoms. The highest BCUT2D eigenvalue weighted by Gasteiger charge is 2.17. The maximum absolute atomic E-state index is 11.8. The van der Waals surface area contributed by atoms with Crippen LogP contribution in [0.5, 0.6) is 0 Å². The zero-order valence-corrected chi connectivity index (χ0v) is 10.6. The summed E-state index contributed by atoms with van der Waals surface area (Å²) >= 11 is 0. The molecule has 2 amide bonds. The number of hydrogen-bond acceptors (Lipinski definition) is 3. The Bertz CT molecular complexity index is 358. The number of amides is 2. The number of ether oxygens (including phenoxy) is 1. The van der Waals surface area contributed by atoms with Gasteiger partial charge in [-0.1, -0.05) is 0 Å². The Morgan fingerprint density at radius 2 is 2.28 bits per heavy atom. The molecule has 1 aromatic rings. The molecule has 2 heterocycles. The number of urea groups is 1. The van der Waals surface area contributed by atoms with E-state index in [-0.39, 0.29) is 18.1 Å². The van der Waals surface area contributed by atoms with Crippen LogP contribution in [-0.4, -0.2) is 31.3 Å². The summed E-state index contributed by atoms with van der Waals surface area (Å²) in [4.78, 5) is 11.8. The van der Waals surface area contributed by atoms with Crippen LogP contribution in [-0.2, 0) is 11.2 Å². The molecule has 0 radical (unpaired) electrons. The number of carbonyl (C=O) groups is 1. The third-order valence-electron chi connectivity index (χ3n) is 3.06. The maximum atomic E-state index is 11.8. The normalized spacial score (nSPS) is 18.3. The van der Waals surface area contributed by atoms with Crippen molar-refractivity contribution < 1.29 is 13.9 Å². The van der Waals surface area contributed by atoms with Gasteiger partial charge in [-0.3, -0.25) is 0 Å². The molecule has 1 atom stereocenters. The number of nitrogens with one attached hydrogen (secondary N) is 2. The van der Waals surface area contributed by atoms with Gasteiger partial charge in [-0.15, -0.1) is 0 Å². The van der Waals surface area contributed by atoms with E-state index in [9.17, 15) is 4.79 Å². The summed E-state index contributed by atoms with van der Waals surface area (Å²) in [5.41, 5.74) is 1.09. The lowest BCUT2D eigenvalue weighted by Gasteiger charge is -2.24. The van der Waals surface area contributed by atoms with Crippen LogP contribution in [0.3, 0.4) is 0 Å². The van der Waals surface area contributed by atoms with Crippen molar-refractivity contribution in [1.82, 2.24) is 10.6 Å². The van der Waals surface area contributed by atoms with Gasteiger partial charge in [0.2, 0.25) is 0 Å². The van der Waals surface area contributed by atoms with E-state index in [1.807, 2.05) is 13.0 Å². The minimum Gasteiger partial charge on any atom is -0.472 e. The van der Waals surface area contributed by atoms with Crippen LogP contribution >= 0.6 is 0 Å². The van der Waals surface area contributed by atoms with Crippen LogP contribution in [0.2, 0.25) is 0 Å². The average Bonchev–Trinajstić information content (AvgIpc) is 2.82. The first kappa shape index (κ1) is 13.0. The summed E-state index contributed by atoms with van der Waals surface area (Å²) in [6, 6.07) is 2.13. The first-order valence-corrected chi connectivity index (χ1v) is 6.40. The topological polar surface area (TPSA) is 63.5 Å². The summed E-state index contributed by atoms with van der Waals surface area (Å²) in [6.45, 7) is 3.45. The lowest BCUT2D eigenvalue weighted by atomic mass is 10.1. The predicted molar refractivity (Wildman–Crippen MR) is 67.4 cm³/mol. The highest BCUT2D eigenvalue weighted by molar-refractivity contribution is 5.74. The molecule has 0 saturated carbocycles. The molecule has 0 aliphatic carbocycles. The van der Waals surface area contributed by atoms with Gasteiger partial charge in [-0.25, -0.2) is 4.79 Å².